The Hall–Kier alpha value is -2.08. The normalized spacial score (nSPS) is 19.8. The molecule has 140 valence electrons. The van der Waals surface area contributed by atoms with Crippen molar-refractivity contribution in [2.24, 2.45) is 0 Å². The number of benzene rings is 1. The molecule has 0 bridgehead atoms. The number of carbonyl (C=O) groups excluding carboxylic acids is 1. The summed E-state index contributed by atoms with van der Waals surface area (Å²) in [5.41, 5.74) is 2.72. The maximum Gasteiger partial charge on any atom is 0.317 e. The summed E-state index contributed by atoms with van der Waals surface area (Å²) in [6.07, 6.45) is 6.19. The van der Waals surface area contributed by atoms with Crippen LogP contribution in [0.25, 0.3) is 11.0 Å². The van der Waals surface area contributed by atoms with E-state index in [1.165, 1.54) is 32.4 Å². The molecular formula is C20H28N4O2. The Labute approximate surface area is 154 Å². The molecule has 26 heavy (non-hydrogen) atoms. The Kier molecular flexibility index (Phi) is 5.11. The van der Waals surface area contributed by atoms with E-state index < -0.39 is 0 Å². The van der Waals surface area contributed by atoms with Crippen molar-refractivity contribution in [1.29, 1.82) is 0 Å². The third-order valence-electron chi connectivity index (χ3n) is 5.77. The average Bonchev–Trinajstić information content (AvgIpc) is 3.09. The molecule has 2 fully saturated rings. The lowest BCUT2D eigenvalue weighted by Crippen LogP contribution is -2.50. The Morgan fingerprint density at radius 3 is 2.73 bits per heavy atom. The maximum absolute atomic E-state index is 12.5. The third kappa shape index (κ3) is 3.70. The average molecular weight is 356 g/mol. The summed E-state index contributed by atoms with van der Waals surface area (Å²) < 4.78 is 5.34. The number of rotatable bonds is 3. The van der Waals surface area contributed by atoms with Gasteiger partial charge in [0.05, 0.1) is 6.54 Å². The van der Waals surface area contributed by atoms with Gasteiger partial charge in [-0.15, -0.1) is 0 Å². The molecule has 2 saturated heterocycles. The molecule has 1 aromatic carbocycles. The molecule has 1 N–H and O–H groups in total. The van der Waals surface area contributed by atoms with Gasteiger partial charge in [0.1, 0.15) is 5.69 Å². The van der Waals surface area contributed by atoms with Crippen LogP contribution in [0.3, 0.4) is 0 Å². The molecule has 2 aromatic rings. The fraction of sp³-hybridized carbons (Fsp3) is 0.600. The second-order valence-corrected chi connectivity index (χ2v) is 7.60. The minimum absolute atomic E-state index is 0.00546. The lowest BCUT2D eigenvalue weighted by Gasteiger charge is -2.40. The predicted octanol–water partition coefficient (Wildman–Crippen LogP) is 3.30. The first-order valence-corrected chi connectivity index (χ1v) is 9.82. The van der Waals surface area contributed by atoms with Crippen LogP contribution < -0.4 is 5.32 Å². The highest BCUT2D eigenvalue weighted by atomic mass is 16.5. The fourth-order valence-electron chi connectivity index (χ4n) is 4.22. The predicted molar refractivity (Wildman–Crippen MR) is 101 cm³/mol. The number of aryl methyl sites for hydroxylation is 1. The first-order chi connectivity index (χ1) is 12.7. The van der Waals surface area contributed by atoms with Gasteiger partial charge in [0.2, 0.25) is 0 Å². The summed E-state index contributed by atoms with van der Waals surface area (Å²) >= 11 is 0. The van der Waals surface area contributed by atoms with E-state index in [4.69, 9.17) is 4.52 Å². The number of piperidine rings is 2. The van der Waals surface area contributed by atoms with Gasteiger partial charge in [0.15, 0.2) is 5.58 Å². The van der Waals surface area contributed by atoms with Crippen LogP contribution in [0.2, 0.25) is 0 Å². The van der Waals surface area contributed by atoms with Crippen LogP contribution in [0.1, 0.15) is 43.4 Å². The highest BCUT2D eigenvalue weighted by molar-refractivity contribution is 5.81. The Bertz CT molecular complexity index is 758. The monoisotopic (exact) mass is 356 g/mol. The van der Waals surface area contributed by atoms with Crippen molar-refractivity contribution < 1.29 is 9.32 Å². The first kappa shape index (κ1) is 17.3. The van der Waals surface area contributed by atoms with Crippen molar-refractivity contribution in [3.63, 3.8) is 0 Å². The summed E-state index contributed by atoms with van der Waals surface area (Å²) in [4.78, 5) is 17.1. The largest absolute Gasteiger partial charge is 0.356 e. The van der Waals surface area contributed by atoms with Crippen LogP contribution in [0.15, 0.2) is 22.7 Å². The number of hydrogen-bond acceptors (Lipinski definition) is 4. The highest BCUT2D eigenvalue weighted by Gasteiger charge is 2.27. The minimum Gasteiger partial charge on any atom is -0.356 e. The van der Waals surface area contributed by atoms with Gasteiger partial charge in [0, 0.05) is 24.5 Å². The van der Waals surface area contributed by atoms with E-state index in [0.29, 0.717) is 12.6 Å². The molecule has 0 atom stereocenters. The summed E-state index contributed by atoms with van der Waals surface area (Å²) in [5.74, 6) is 0. The van der Waals surface area contributed by atoms with E-state index in [-0.39, 0.29) is 6.03 Å². The number of amides is 2. The standard InChI is InChI=1S/C20H28N4O2/c1-15-5-6-19-17(13-15)18(22-26-19)14-21-20(25)24-11-7-16(8-12-24)23-9-3-2-4-10-23/h5-6,13,16H,2-4,7-12,14H2,1H3,(H,21,25). The van der Waals surface area contributed by atoms with Gasteiger partial charge in [-0.05, 0) is 57.8 Å². The molecule has 3 heterocycles. The zero-order valence-corrected chi connectivity index (χ0v) is 15.5. The second kappa shape index (κ2) is 7.66. The number of hydrogen-bond donors (Lipinski definition) is 1. The molecule has 6 nitrogen and oxygen atoms in total. The van der Waals surface area contributed by atoms with Crippen molar-refractivity contribution in [1.82, 2.24) is 20.3 Å². The van der Waals surface area contributed by atoms with Crippen LogP contribution in [-0.2, 0) is 6.54 Å². The van der Waals surface area contributed by atoms with Gasteiger partial charge < -0.3 is 19.6 Å². The minimum atomic E-state index is 0.00546. The zero-order chi connectivity index (χ0) is 17.9. The first-order valence-electron chi connectivity index (χ1n) is 9.82. The van der Waals surface area contributed by atoms with Crippen molar-refractivity contribution in [2.75, 3.05) is 26.2 Å². The molecule has 0 saturated carbocycles. The number of nitrogens with one attached hydrogen (secondary N) is 1. The molecule has 0 radical (unpaired) electrons. The van der Waals surface area contributed by atoms with Gasteiger partial charge >= 0.3 is 6.03 Å². The van der Waals surface area contributed by atoms with Crippen molar-refractivity contribution in [2.45, 2.75) is 51.6 Å². The molecule has 0 unspecified atom stereocenters. The summed E-state index contributed by atoms with van der Waals surface area (Å²) in [7, 11) is 0. The van der Waals surface area contributed by atoms with Crippen LogP contribution in [0.5, 0.6) is 0 Å². The number of fused-ring (bicyclic) bond motifs is 1. The van der Waals surface area contributed by atoms with Crippen molar-refractivity contribution in [3.8, 4) is 0 Å². The quantitative estimate of drug-likeness (QED) is 0.917. The van der Waals surface area contributed by atoms with E-state index in [0.717, 1.165) is 48.2 Å². The number of nitrogens with zero attached hydrogens (tertiary/aromatic N) is 3. The van der Waals surface area contributed by atoms with Gasteiger partial charge in [-0.25, -0.2) is 4.79 Å². The smallest absolute Gasteiger partial charge is 0.317 e. The molecule has 6 heteroatoms. The van der Waals surface area contributed by atoms with Crippen molar-refractivity contribution in [3.05, 3.63) is 29.5 Å². The molecule has 2 amide bonds. The van der Waals surface area contributed by atoms with E-state index in [1.807, 2.05) is 24.0 Å². The maximum atomic E-state index is 12.5. The third-order valence-corrected chi connectivity index (χ3v) is 5.77. The molecular weight excluding hydrogens is 328 g/mol. The number of urea groups is 1. The lowest BCUT2D eigenvalue weighted by molar-refractivity contribution is 0.101. The number of aromatic nitrogens is 1. The van der Waals surface area contributed by atoms with E-state index in [2.05, 4.69) is 21.4 Å². The summed E-state index contributed by atoms with van der Waals surface area (Å²) in [6, 6.07) is 6.64. The van der Waals surface area contributed by atoms with E-state index in [1.54, 1.807) is 0 Å². The van der Waals surface area contributed by atoms with Gasteiger partial charge in [-0.1, -0.05) is 23.2 Å². The molecule has 2 aliphatic rings. The highest BCUT2D eigenvalue weighted by Crippen LogP contribution is 2.22. The summed E-state index contributed by atoms with van der Waals surface area (Å²) in [6.45, 7) is 6.59. The lowest BCUT2D eigenvalue weighted by atomic mass is 10.0. The van der Waals surface area contributed by atoms with Crippen LogP contribution in [0, 0.1) is 6.92 Å². The molecule has 1 aromatic heterocycles. The van der Waals surface area contributed by atoms with E-state index >= 15 is 0 Å². The van der Waals surface area contributed by atoms with Crippen LogP contribution >= 0.6 is 0 Å². The van der Waals surface area contributed by atoms with Crippen LogP contribution in [0.4, 0.5) is 4.79 Å². The fourth-order valence-corrected chi connectivity index (χ4v) is 4.22. The van der Waals surface area contributed by atoms with Crippen LogP contribution in [-0.4, -0.2) is 53.2 Å². The summed E-state index contributed by atoms with van der Waals surface area (Å²) in [5, 5.41) is 8.10. The number of carbonyl (C=O) groups is 1. The Balaban J connectivity index is 1.29. The van der Waals surface area contributed by atoms with Gasteiger partial charge in [-0.2, -0.15) is 0 Å². The molecule has 0 spiro atoms. The van der Waals surface area contributed by atoms with Gasteiger partial charge in [-0.3, -0.25) is 0 Å². The zero-order valence-electron chi connectivity index (χ0n) is 15.5. The topological polar surface area (TPSA) is 61.6 Å². The Morgan fingerprint density at radius 2 is 1.96 bits per heavy atom. The van der Waals surface area contributed by atoms with Crippen molar-refractivity contribution >= 4 is 17.0 Å². The number of likely N-dealkylation sites (tertiary alicyclic amines) is 2. The molecule has 0 aliphatic carbocycles. The molecule has 2 aliphatic heterocycles. The second-order valence-electron chi connectivity index (χ2n) is 7.60. The SMILES string of the molecule is Cc1ccc2onc(CNC(=O)N3CCC(N4CCCCC4)CC3)c2c1. The van der Waals surface area contributed by atoms with Gasteiger partial charge in [0.25, 0.3) is 0 Å². The van der Waals surface area contributed by atoms with E-state index in [9.17, 15) is 4.79 Å². The Morgan fingerprint density at radius 1 is 1.19 bits per heavy atom. The molecule has 4 rings (SSSR count).